The fourth-order valence-electron chi connectivity index (χ4n) is 2.96. The predicted octanol–water partition coefficient (Wildman–Crippen LogP) is 3.00. The molecule has 4 heteroatoms. The molecule has 1 N–H and O–H groups in total. The Kier molecular flexibility index (Phi) is 3.57. The lowest BCUT2D eigenvalue weighted by molar-refractivity contribution is 0.436. The number of halogens is 1. The van der Waals surface area contributed by atoms with Crippen LogP contribution in [-0.4, -0.2) is 22.6 Å². The van der Waals surface area contributed by atoms with Crippen LogP contribution in [0.25, 0.3) is 11.3 Å². The van der Waals surface area contributed by atoms with E-state index in [1.165, 1.54) is 6.07 Å². The van der Waals surface area contributed by atoms with E-state index in [0.29, 0.717) is 5.92 Å². The summed E-state index contributed by atoms with van der Waals surface area (Å²) >= 11 is 0. The third-order valence-electron chi connectivity index (χ3n) is 4.22. The van der Waals surface area contributed by atoms with Gasteiger partial charge in [-0.25, -0.2) is 9.37 Å². The van der Waals surface area contributed by atoms with Crippen LogP contribution in [0.2, 0.25) is 0 Å². The molecule has 20 heavy (non-hydrogen) atoms. The minimum absolute atomic E-state index is 0.212. The molecule has 3 nitrogen and oxygen atoms in total. The van der Waals surface area contributed by atoms with Gasteiger partial charge in [0.2, 0.25) is 0 Å². The Morgan fingerprint density at radius 2 is 2.05 bits per heavy atom. The van der Waals surface area contributed by atoms with Crippen molar-refractivity contribution in [2.24, 2.45) is 7.05 Å². The number of rotatable bonds is 2. The fraction of sp³-hybridized carbons (Fsp3) is 0.438. The van der Waals surface area contributed by atoms with Crippen molar-refractivity contribution in [3.05, 3.63) is 41.6 Å². The van der Waals surface area contributed by atoms with Crippen molar-refractivity contribution in [2.45, 2.75) is 25.7 Å². The Balaban J connectivity index is 2.01. The quantitative estimate of drug-likeness (QED) is 0.911. The van der Waals surface area contributed by atoms with Crippen LogP contribution >= 0.6 is 0 Å². The Morgan fingerprint density at radius 3 is 2.75 bits per heavy atom. The van der Waals surface area contributed by atoms with Gasteiger partial charge < -0.3 is 9.88 Å². The van der Waals surface area contributed by atoms with Crippen molar-refractivity contribution < 1.29 is 4.39 Å². The van der Waals surface area contributed by atoms with Gasteiger partial charge in [-0.15, -0.1) is 0 Å². The molecule has 3 rings (SSSR count). The number of hydrogen-bond donors (Lipinski definition) is 1. The molecule has 0 unspecified atom stereocenters. The van der Waals surface area contributed by atoms with E-state index in [9.17, 15) is 4.39 Å². The summed E-state index contributed by atoms with van der Waals surface area (Å²) in [6.07, 6.45) is 2.24. The number of aromatic nitrogens is 2. The van der Waals surface area contributed by atoms with E-state index in [4.69, 9.17) is 4.98 Å². The second-order valence-electron chi connectivity index (χ2n) is 5.50. The lowest BCUT2D eigenvalue weighted by atomic mass is 9.97. The summed E-state index contributed by atoms with van der Waals surface area (Å²) in [6, 6.07) is 6.69. The molecule has 0 saturated carbocycles. The topological polar surface area (TPSA) is 29.9 Å². The molecular formula is C16H20FN3. The molecule has 0 radical (unpaired) electrons. The van der Waals surface area contributed by atoms with Gasteiger partial charge in [-0.2, -0.15) is 0 Å². The van der Waals surface area contributed by atoms with Crippen molar-refractivity contribution in [3.8, 4) is 11.3 Å². The second-order valence-corrected chi connectivity index (χ2v) is 5.50. The van der Waals surface area contributed by atoms with Crippen LogP contribution in [0.3, 0.4) is 0 Å². The predicted molar refractivity (Wildman–Crippen MR) is 78.2 cm³/mol. The molecule has 2 heterocycles. The van der Waals surface area contributed by atoms with E-state index < -0.39 is 0 Å². The maximum absolute atomic E-state index is 13.4. The van der Waals surface area contributed by atoms with E-state index >= 15 is 0 Å². The molecule has 1 aromatic carbocycles. The first-order valence-corrected chi connectivity index (χ1v) is 7.16. The monoisotopic (exact) mass is 273 g/mol. The van der Waals surface area contributed by atoms with Gasteiger partial charge >= 0.3 is 0 Å². The van der Waals surface area contributed by atoms with E-state index in [0.717, 1.165) is 48.7 Å². The van der Waals surface area contributed by atoms with Crippen molar-refractivity contribution in [3.63, 3.8) is 0 Å². The van der Waals surface area contributed by atoms with Gasteiger partial charge in [0.1, 0.15) is 11.6 Å². The van der Waals surface area contributed by atoms with Crippen LogP contribution in [0.1, 0.15) is 30.3 Å². The van der Waals surface area contributed by atoms with E-state index in [-0.39, 0.29) is 5.82 Å². The summed E-state index contributed by atoms with van der Waals surface area (Å²) in [5.74, 6) is 1.42. The molecule has 2 aromatic rings. The van der Waals surface area contributed by atoms with E-state index in [2.05, 4.69) is 23.9 Å². The van der Waals surface area contributed by atoms with Gasteiger partial charge in [0.05, 0.1) is 5.69 Å². The summed E-state index contributed by atoms with van der Waals surface area (Å²) in [5.41, 5.74) is 2.86. The fourth-order valence-corrected chi connectivity index (χ4v) is 2.96. The van der Waals surface area contributed by atoms with Crippen LogP contribution in [0, 0.1) is 12.7 Å². The zero-order valence-corrected chi connectivity index (χ0v) is 12.0. The first-order chi connectivity index (χ1) is 9.66. The van der Waals surface area contributed by atoms with Gasteiger partial charge in [-0.3, -0.25) is 0 Å². The van der Waals surface area contributed by atoms with Gasteiger partial charge in [-0.05, 0) is 45.0 Å². The van der Waals surface area contributed by atoms with Crippen LogP contribution in [-0.2, 0) is 7.05 Å². The Morgan fingerprint density at radius 1 is 1.30 bits per heavy atom. The first kappa shape index (κ1) is 13.3. The number of nitrogens with one attached hydrogen (secondary N) is 1. The average molecular weight is 273 g/mol. The minimum atomic E-state index is -0.212. The maximum atomic E-state index is 13.4. The molecule has 0 bridgehead atoms. The molecular weight excluding hydrogens is 253 g/mol. The minimum Gasteiger partial charge on any atom is -0.335 e. The lowest BCUT2D eigenvalue weighted by Crippen LogP contribution is -2.27. The summed E-state index contributed by atoms with van der Waals surface area (Å²) in [4.78, 5) is 4.81. The Bertz CT molecular complexity index is 612. The Labute approximate surface area is 118 Å². The summed E-state index contributed by atoms with van der Waals surface area (Å²) in [7, 11) is 2.06. The van der Waals surface area contributed by atoms with Crippen molar-refractivity contribution in [1.82, 2.24) is 14.9 Å². The average Bonchev–Trinajstić information content (AvgIpc) is 2.76. The highest BCUT2D eigenvalue weighted by Gasteiger charge is 2.22. The van der Waals surface area contributed by atoms with Gasteiger partial charge in [0, 0.05) is 24.2 Å². The Hall–Kier alpha value is -1.68. The molecule has 0 amide bonds. The van der Waals surface area contributed by atoms with Crippen LogP contribution < -0.4 is 5.32 Å². The first-order valence-electron chi connectivity index (χ1n) is 7.16. The highest BCUT2D eigenvalue weighted by molar-refractivity contribution is 5.62. The third kappa shape index (κ3) is 2.36. The number of imidazole rings is 1. The highest BCUT2D eigenvalue weighted by Crippen LogP contribution is 2.30. The zero-order chi connectivity index (χ0) is 14.1. The van der Waals surface area contributed by atoms with Crippen LogP contribution in [0.5, 0.6) is 0 Å². The number of hydrogen-bond acceptors (Lipinski definition) is 2. The lowest BCUT2D eigenvalue weighted by Gasteiger charge is -2.22. The zero-order valence-electron chi connectivity index (χ0n) is 12.0. The third-order valence-corrected chi connectivity index (χ3v) is 4.22. The summed E-state index contributed by atoms with van der Waals surface area (Å²) in [5, 5.41) is 3.38. The number of piperidine rings is 1. The molecule has 1 aliphatic heterocycles. The summed E-state index contributed by atoms with van der Waals surface area (Å²) in [6.45, 7) is 4.15. The molecule has 1 aliphatic rings. The molecule has 0 atom stereocenters. The smallest absolute Gasteiger partial charge is 0.123 e. The standard InChI is InChI=1S/C16H20FN3/c1-11-15(13-4-3-5-14(17)10-13)19-16(20(11)2)12-6-8-18-9-7-12/h3-5,10,12,18H,6-9H2,1-2H3. The van der Waals surface area contributed by atoms with Gasteiger partial charge in [0.15, 0.2) is 0 Å². The highest BCUT2D eigenvalue weighted by atomic mass is 19.1. The second kappa shape index (κ2) is 5.37. The van der Waals surface area contributed by atoms with Crippen molar-refractivity contribution >= 4 is 0 Å². The SMILES string of the molecule is Cc1c(-c2cccc(F)c2)nc(C2CCNCC2)n1C. The summed E-state index contributed by atoms with van der Waals surface area (Å²) < 4.78 is 15.6. The molecule has 0 aliphatic carbocycles. The normalized spacial score (nSPS) is 16.6. The molecule has 1 saturated heterocycles. The van der Waals surface area contributed by atoms with Crippen LogP contribution in [0.4, 0.5) is 4.39 Å². The van der Waals surface area contributed by atoms with Gasteiger partial charge in [0.25, 0.3) is 0 Å². The van der Waals surface area contributed by atoms with Gasteiger partial charge in [-0.1, -0.05) is 12.1 Å². The van der Waals surface area contributed by atoms with Crippen molar-refractivity contribution in [1.29, 1.82) is 0 Å². The molecule has 1 fully saturated rings. The molecule has 1 aromatic heterocycles. The molecule has 0 spiro atoms. The maximum Gasteiger partial charge on any atom is 0.123 e. The molecule has 106 valence electrons. The van der Waals surface area contributed by atoms with Crippen LogP contribution in [0.15, 0.2) is 24.3 Å². The van der Waals surface area contributed by atoms with E-state index in [1.54, 1.807) is 12.1 Å². The number of nitrogens with zero attached hydrogens (tertiary/aromatic N) is 2. The number of benzene rings is 1. The van der Waals surface area contributed by atoms with E-state index in [1.807, 2.05) is 6.07 Å². The largest absolute Gasteiger partial charge is 0.335 e. The van der Waals surface area contributed by atoms with Crippen molar-refractivity contribution in [2.75, 3.05) is 13.1 Å².